The number of hydrogen-bond donors (Lipinski definition) is 1. The Hall–Kier alpha value is -2.57. The predicted octanol–water partition coefficient (Wildman–Crippen LogP) is 1.65. The van der Waals surface area contributed by atoms with Gasteiger partial charge in [-0.3, -0.25) is 14.4 Å². The Labute approximate surface area is 147 Å². The minimum atomic E-state index is -0.517. The van der Waals surface area contributed by atoms with Crippen molar-refractivity contribution >= 4 is 23.5 Å². The summed E-state index contributed by atoms with van der Waals surface area (Å²) in [5.41, 5.74) is 0.637. The first kappa shape index (κ1) is 18.8. The van der Waals surface area contributed by atoms with Gasteiger partial charge in [-0.2, -0.15) is 0 Å². The molecule has 7 heteroatoms. The van der Waals surface area contributed by atoms with E-state index in [9.17, 15) is 14.4 Å². The first-order chi connectivity index (χ1) is 12.0. The first-order valence-electron chi connectivity index (χ1n) is 8.52. The van der Waals surface area contributed by atoms with Crippen molar-refractivity contribution in [2.45, 2.75) is 39.2 Å². The van der Waals surface area contributed by atoms with Gasteiger partial charge >= 0.3 is 5.97 Å². The maximum atomic E-state index is 12.0. The number of benzene rings is 1. The average molecular weight is 348 g/mol. The van der Waals surface area contributed by atoms with Crippen molar-refractivity contribution < 1.29 is 23.9 Å². The summed E-state index contributed by atoms with van der Waals surface area (Å²) in [6.45, 7) is 3.80. The summed E-state index contributed by atoms with van der Waals surface area (Å²) < 4.78 is 10.3. The van der Waals surface area contributed by atoms with Crippen LogP contribution in [0.1, 0.15) is 33.1 Å². The van der Waals surface area contributed by atoms with Crippen LogP contribution in [-0.2, 0) is 19.1 Å². The fourth-order valence-corrected chi connectivity index (χ4v) is 2.58. The van der Waals surface area contributed by atoms with Gasteiger partial charge in [-0.25, -0.2) is 0 Å². The van der Waals surface area contributed by atoms with Crippen LogP contribution in [0, 0.1) is 0 Å². The quantitative estimate of drug-likeness (QED) is 0.722. The van der Waals surface area contributed by atoms with Crippen LogP contribution in [0.15, 0.2) is 24.3 Å². The van der Waals surface area contributed by atoms with Crippen molar-refractivity contribution in [3.63, 3.8) is 0 Å². The van der Waals surface area contributed by atoms with Crippen LogP contribution in [0.5, 0.6) is 5.75 Å². The van der Waals surface area contributed by atoms with E-state index in [1.165, 1.54) is 4.90 Å². The molecule has 1 aromatic carbocycles. The van der Waals surface area contributed by atoms with Gasteiger partial charge in [0.15, 0.2) is 13.2 Å². The molecule has 1 aliphatic heterocycles. The summed E-state index contributed by atoms with van der Waals surface area (Å²) in [7, 11) is 0. The van der Waals surface area contributed by atoms with E-state index in [-0.39, 0.29) is 44.0 Å². The Balaban J connectivity index is 1.80. The molecular formula is C18H24N2O5. The molecule has 0 spiro atoms. The molecule has 136 valence electrons. The Morgan fingerprint density at radius 2 is 2.00 bits per heavy atom. The molecule has 1 N–H and O–H groups in total. The standard InChI is InChI=1S/C18H24N2O5/c1-3-13(4-2)19-16(21)11-25-18(23)9-10-20-14-7-5-6-8-15(14)24-12-17(20)22/h5-8,13H,3-4,9-12H2,1-2H3,(H,19,21). The molecule has 0 unspecified atom stereocenters. The number of carbonyl (C=O) groups excluding carboxylic acids is 3. The van der Waals surface area contributed by atoms with Crippen molar-refractivity contribution in [3.05, 3.63) is 24.3 Å². The van der Waals surface area contributed by atoms with E-state index in [4.69, 9.17) is 9.47 Å². The molecule has 0 fully saturated rings. The van der Waals surface area contributed by atoms with Crippen LogP contribution in [-0.4, -0.2) is 43.6 Å². The smallest absolute Gasteiger partial charge is 0.308 e. The Kier molecular flexibility index (Phi) is 6.80. The zero-order valence-electron chi connectivity index (χ0n) is 14.6. The Morgan fingerprint density at radius 1 is 1.28 bits per heavy atom. The number of fused-ring (bicyclic) bond motifs is 1. The van der Waals surface area contributed by atoms with Crippen molar-refractivity contribution in [2.24, 2.45) is 0 Å². The van der Waals surface area contributed by atoms with E-state index in [1.807, 2.05) is 19.9 Å². The highest BCUT2D eigenvalue weighted by molar-refractivity contribution is 5.98. The highest BCUT2D eigenvalue weighted by Crippen LogP contribution is 2.31. The number of para-hydroxylation sites is 2. The number of ether oxygens (including phenoxy) is 2. The van der Waals surface area contributed by atoms with Crippen molar-refractivity contribution in [3.8, 4) is 5.75 Å². The van der Waals surface area contributed by atoms with Crippen LogP contribution >= 0.6 is 0 Å². The zero-order chi connectivity index (χ0) is 18.2. The van der Waals surface area contributed by atoms with E-state index in [1.54, 1.807) is 18.2 Å². The van der Waals surface area contributed by atoms with Gasteiger partial charge in [-0.05, 0) is 25.0 Å². The van der Waals surface area contributed by atoms with Gasteiger partial charge < -0.3 is 19.7 Å². The minimum Gasteiger partial charge on any atom is -0.482 e. The molecular weight excluding hydrogens is 324 g/mol. The van der Waals surface area contributed by atoms with Crippen molar-refractivity contribution in [1.82, 2.24) is 5.32 Å². The molecule has 1 heterocycles. The van der Waals surface area contributed by atoms with Gasteiger partial charge in [0.2, 0.25) is 0 Å². The molecule has 1 aromatic rings. The summed E-state index contributed by atoms with van der Waals surface area (Å²) >= 11 is 0. The van der Waals surface area contributed by atoms with Gasteiger partial charge in [0, 0.05) is 12.6 Å². The molecule has 1 aliphatic rings. The van der Waals surface area contributed by atoms with Crippen LogP contribution in [0.25, 0.3) is 0 Å². The number of anilines is 1. The van der Waals surface area contributed by atoms with Gasteiger partial charge in [-0.1, -0.05) is 26.0 Å². The second kappa shape index (κ2) is 9.05. The highest BCUT2D eigenvalue weighted by atomic mass is 16.5. The average Bonchev–Trinajstić information content (AvgIpc) is 2.63. The molecule has 2 amide bonds. The van der Waals surface area contributed by atoms with Gasteiger partial charge in [0.1, 0.15) is 5.75 Å². The fourth-order valence-electron chi connectivity index (χ4n) is 2.58. The summed E-state index contributed by atoms with van der Waals surface area (Å²) in [6, 6.07) is 7.25. The van der Waals surface area contributed by atoms with Crippen LogP contribution in [0.2, 0.25) is 0 Å². The highest BCUT2D eigenvalue weighted by Gasteiger charge is 2.25. The Morgan fingerprint density at radius 3 is 2.72 bits per heavy atom. The van der Waals surface area contributed by atoms with E-state index in [0.717, 1.165) is 12.8 Å². The van der Waals surface area contributed by atoms with E-state index in [2.05, 4.69) is 5.32 Å². The summed E-state index contributed by atoms with van der Waals surface area (Å²) in [4.78, 5) is 37.1. The van der Waals surface area contributed by atoms with E-state index >= 15 is 0 Å². The lowest BCUT2D eigenvalue weighted by molar-refractivity contribution is -0.148. The number of rotatable bonds is 8. The molecule has 0 aromatic heterocycles. The third-order valence-corrected chi connectivity index (χ3v) is 4.06. The normalized spacial score (nSPS) is 13.2. The van der Waals surface area contributed by atoms with Gasteiger partial charge in [-0.15, -0.1) is 0 Å². The minimum absolute atomic E-state index is 0.0122. The number of nitrogens with one attached hydrogen (secondary N) is 1. The molecule has 0 saturated heterocycles. The number of amides is 2. The molecule has 0 aliphatic carbocycles. The number of nitrogens with zero attached hydrogens (tertiary/aromatic N) is 1. The third-order valence-electron chi connectivity index (χ3n) is 4.06. The second-order valence-electron chi connectivity index (χ2n) is 5.79. The van der Waals surface area contributed by atoms with E-state index < -0.39 is 5.97 Å². The SMILES string of the molecule is CCC(CC)NC(=O)COC(=O)CCN1C(=O)COc2ccccc21. The zero-order valence-corrected chi connectivity index (χ0v) is 14.6. The molecule has 7 nitrogen and oxygen atoms in total. The summed E-state index contributed by atoms with van der Waals surface area (Å²) in [5.74, 6) is -0.427. The molecule has 0 bridgehead atoms. The number of hydrogen-bond acceptors (Lipinski definition) is 5. The fraction of sp³-hybridized carbons (Fsp3) is 0.500. The molecule has 0 saturated carbocycles. The maximum Gasteiger partial charge on any atom is 0.308 e. The monoisotopic (exact) mass is 348 g/mol. The maximum absolute atomic E-state index is 12.0. The van der Waals surface area contributed by atoms with Crippen LogP contribution < -0.4 is 15.0 Å². The van der Waals surface area contributed by atoms with Crippen molar-refractivity contribution in [1.29, 1.82) is 0 Å². The Bertz CT molecular complexity index is 628. The largest absolute Gasteiger partial charge is 0.482 e. The number of esters is 1. The first-order valence-corrected chi connectivity index (χ1v) is 8.52. The molecule has 0 atom stereocenters. The lowest BCUT2D eigenvalue weighted by Crippen LogP contribution is -2.40. The van der Waals surface area contributed by atoms with E-state index in [0.29, 0.717) is 11.4 Å². The summed E-state index contributed by atoms with van der Waals surface area (Å²) in [5, 5.41) is 2.80. The van der Waals surface area contributed by atoms with Crippen LogP contribution in [0.4, 0.5) is 5.69 Å². The molecule has 0 radical (unpaired) electrons. The lowest BCUT2D eigenvalue weighted by atomic mass is 10.2. The summed E-state index contributed by atoms with van der Waals surface area (Å²) in [6.07, 6.45) is 1.67. The lowest BCUT2D eigenvalue weighted by Gasteiger charge is -2.28. The van der Waals surface area contributed by atoms with Crippen LogP contribution in [0.3, 0.4) is 0 Å². The molecule has 25 heavy (non-hydrogen) atoms. The second-order valence-corrected chi connectivity index (χ2v) is 5.79. The number of carbonyl (C=O) groups is 3. The third kappa shape index (κ3) is 5.20. The van der Waals surface area contributed by atoms with Crippen molar-refractivity contribution in [2.75, 3.05) is 24.7 Å². The van der Waals surface area contributed by atoms with Gasteiger partial charge in [0.25, 0.3) is 11.8 Å². The predicted molar refractivity (Wildman–Crippen MR) is 92.4 cm³/mol. The topological polar surface area (TPSA) is 84.9 Å². The molecule has 2 rings (SSSR count). The van der Waals surface area contributed by atoms with Gasteiger partial charge in [0.05, 0.1) is 12.1 Å².